The number of nitrogens with one attached hydrogen (secondary N) is 2. The second-order valence-corrected chi connectivity index (χ2v) is 5.92. The van der Waals surface area contributed by atoms with Crippen LogP contribution in [0.3, 0.4) is 0 Å². The molecule has 0 aliphatic heterocycles. The van der Waals surface area contributed by atoms with E-state index < -0.39 is 0 Å². The van der Waals surface area contributed by atoms with Crippen LogP contribution in [0.1, 0.15) is 44.0 Å². The van der Waals surface area contributed by atoms with Gasteiger partial charge in [0.15, 0.2) is 5.96 Å². The summed E-state index contributed by atoms with van der Waals surface area (Å²) in [6, 6.07) is 2.12. The molecule has 2 N–H and O–H groups in total. The first-order valence-electron chi connectivity index (χ1n) is 8.22. The van der Waals surface area contributed by atoms with Crippen LogP contribution in [0.4, 0.5) is 0 Å². The van der Waals surface area contributed by atoms with Gasteiger partial charge in [-0.15, -0.1) is 24.0 Å². The summed E-state index contributed by atoms with van der Waals surface area (Å²) in [5.41, 5.74) is 2.32. The standard InChI is InChI=1S/C16H29N5.HI/c1-4-17-16(19-10-8-15-6-7-15)18-9-5-11-21-14(3)12-13(2)20-21;/h12,15H,4-11H2,1-3H3,(H2,17,18,19);1H. The van der Waals surface area contributed by atoms with Crippen LogP contribution in [-0.4, -0.2) is 35.4 Å². The summed E-state index contributed by atoms with van der Waals surface area (Å²) in [5.74, 6) is 1.91. The first-order chi connectivity index (χ1) is 10.2. The third-order valence-corrected chi connectivity index (χ3v) is 3.79. The normalized spacial score (nSPS) is 14.6. The van der Waals surface area contributed by atoms with Crippen molar-refractivity contribution < 1.29 is 0 Å². The minimum atomic E-state index is 0. The van der Waals surface area contributed by atoms with Gasteiger partial charge in [-0.2, -0.15) is 5.10 Å². The van der Waals surface area contributed by atoms with Crippen molar-refractivity contribution in [2.45, 2.75) is 53.0 Å². The Kier molecular flexibility index (Phi) is 8.82. The third-order valence-electron chi connectivity index (χ3n) is 3.79. The van der Waals surface area contributed by atoms with Gasteiger partial charge in [0.25, 0.3) is 0 Å². The molecule has 0 spiro atoms. The highest BCUT2D eigenvalue weighted by molar-refractivity contribution is 14.0. The monoisotopic (exact) mass is 419 g/mol. The lowest BCUT2D eigenvalue weighted by atomic mass is 10.3. The summed E-state index contributed by atoms with van der Waals surface area (Å²) in [4.78, 5) is 4.64. The van der Waals surface area contributed by atoms with Crippen LogP contribution in [0.5, 0.6) is 0 Å². The van der Waals surface area contributed by atoms with Gasteiger partial charge in [0.2, 0.25) is 0 Å². The fraction of sp³-hybridized carbons (Fsp3) is 0.750. The van der Waals surface area contributed by atoms with Crippen molar-refractivity contribution in [1.82, 2.24) is 20.4 Å². The van der Waals surface area contributed by atoms with Crippen LogP contribution in [0, 0.1) is 19.8 Å². The zero-order valence-electron chi connectivity index (χ0n) is 14.1. The molecule has 0 aromatic carbocycles. The van der Waals surface area contributed by atoms with Crippen molar-refractivity contribution in [3.05, 3.63) is 17.5 Å². The number of halogens is 1. The van der Waals surface area contributed by atoms with E-state index in [-0.39, 0.29) is 24.0 Å². The first-order valence-corrected chi connectivity index (χ1v) is 8.22. The molecule has 22 heavy (non-hydrogen) atoms. The van der Waals surface area contributed by atoms with Crippen molar-refractivity contribution in [2.24, 2.45) is 10.9 Å². The second kappa shape index (κ2) is 10.1. The number of hydrogen-bond acceptors (Lipinski definition) is 2. The molecule has 126 valence electrons. The predicted octanol–water partition coefficient (Wildman–Crippen LogP) is 2.86. The lowest BCUT2D eigenvalue weighted by Gasteiger charge is -2.11. The van der Waals surface area contributed by atoms with E-state index in [1.54, 1.807) is 0 Å². The molecule has 0 unspecified atom stereocenters. The quantitative estimate of drug-likeness (QED) is 0.295. The highest BCUT2D eigenvalue weighted by Crippen LogP contribution is 2.31. The van der Waals surface area contributed by atoms with E-state index in [1.165, 1.54) is 25.0 Å². The van der Waals surface area contributed by atoms with E-state index in [1.807, 2.05) is 6.92 Å². The smallest absolute Gasteiger partial charge is 0.191 e. The average molecular weight is 419 g/mol. The van der Waals surface area contributed by atoms with E-state index in [0.717, 1.165) is 50.2 Å². The van der Waals surface area contributed by atoms with Crippen molar-refractivity contribution in [1.29, 1.82) is 0 Å². The molecule has 1 aliphatic carbocycles. The highest BCUT2D eigenvalue weighted by atomic mass is 127. The topological polar surface area (TPSA) is 54.2 Å². The second-order valence-electron chi connectivity index (χ2n) is 5.92. The Morgan fingerprint density at radius 1 is 1.36 bits per heavy atom. The number of aromatic nitrogens is 2. The lowest BCUT2D eigenvalue weighted by Crippen LogP contribution is -2.38. The van der Waals surface area contributed by atoms with Crippen molar-refractivity contribution in [3.63, 3.8) is 0 Å². The van der Waals surface area contributed by atoms with Gasteiger partial charge in [-0.1, -0.05) is 12.8 Å². The fourth-order valence-electron chi connectivity index (χ4n) is 2.46. The molecule has 5 nitrogen and oxygen atoms in total. The lowest BCUT2D eigenvalue weighted by molar-refractivity contribution is 0.566. The molecule has 0 bridgehead atoms. The molecule has 2 rings (SSSR count). The molecule has 1 fully saturated rings. The minimum absolute atomic E-state index is 0. The number of guanidine groups is 1. The van der Waals surface area contributed by atoms with Crippen molar-refractivity contribution in [2.75, 3.05) is 19.6 Å². The van der Waals surface area contributed by atoms with Crippen LogP contribution in [0.2, 0.25) is 0 Å². The largest absolute Gasteiger partial charge is 0.357 e. The molecule has 1 aromatic heterocycles. The molecule has 0 amide bonds. The Morgan fingerprint density at radius 2 is 2.14 bits per heavy atom. The van der Waals surface area contributed by atoms with Crippen molar-refractivity contribution >= 4 is 29.9 Å². The summed E-state index contributed by atoms with van der Waals surface area (Å²) in [6.07, 6.45) is 5.12. The Balaban J connectivity index is 0.00000242. The molecule has 1 saturated carbocycles. The highest BCUT2D eigenvalue weighted by Gasteiger charge is 2.20. The first kappa shape index (κ1) is 19.3. The fourth-order valence-corrected chi connectivity index (χ4v) is 2.46. The van der Waals surface area contributed by atoms with E-state index >= 15 is 0 Å². The molecule has 1 aromatic rings. The summed E-state index contributed by atoms with van der Waals surface area (Å²) in [7, 11) is 0. The van der Waals surface area contributed by atoms with Crippen LogP contribution < -0.4 is 10.6 Å². The van der Waals surface area contributed by atoms with Gasteiger partial charge in [-0.25, -0.2) is 0 Å². The van der Waals surface area contributed by atoms with E-state index in [4.69, 9.17) is 0 Å². The molecular weight excluding hydrogens is 389 g/mol. The van der Waals surface area contributed by atoms with Gasteiger partial charge in [-0.05, 0) is 45.6 Å². The summed E-state index contributed by atoms with van der Waals surface area (Å²) in [5, 5.41) is 11.2. The van der Waals surface area contributed by atoms with Gasteiger partial charge in [0.1, 0.15) is 0 Å². The third kappa shape index (κ3) is 6.98. The predicted molar refractivity (Wildman–Crippen MR) is 103 cm³/mol. The maximum atomic E-state index is 4.64. The zero-order chi connectivity index (χ0) is 15.1. The van der Waals surface area contributed by atoms with Gasteiger partial charge in [0, 0.05) is 31.9 Å². The van der Waals surface area contributed by atoms with Crippen LogP contribution in [0.15, 0.2) is 11.1 Å². The molecule has 6 heteroatoms. The minimum Gasteiger partial charge on any atom is -0.357 e. The van der Waals surface area contributed by atoms with Gasteiger partial charge in [0.05, 0.1) is 5.69 Å². The number of rotatable bonds is 8. The molecule has 0 atom stereocenters. The molecule has 1 heterocycles. The maximum Gasteiger partial charge on any atom is 0.191 e. The van der Waals surface area contributed by atoms with Crippen LogP contribution >= 0.6 is 24.0 Å². The van der Waals surface area contributed by atoms with E-state index in [0.29, 0.717) is 0 Å². The molecule has 0 radical (unpaired) electrons. The number of aryl methyl sites for hydroxylation is 3. The van der Waals surface area contributed by atoms with Crippen LogP contribution in [0.25, 0.3) is 0 Å². The Morgan fingerprint density at radius 3 is 2.73 bits per heavy atom. The molecule has 1 aliphatic rings. The molecular formula is C16H30IN5. The van der Waals surface area contributed by atoms with Gasteiger partial charge in [-0.3, -0.25) is 9.67 Å². The Labute approximate surface area is 151 Å². The number of aliphatic imine (C=N–C) groups is 1. The summed E-state index contributed by atoms with van der Waals surface area (Å²) < 4.78 is 2.07. The average Bonchev–Trinajstić information content (AvgIpc) is 3.20. The SMILES string of the molecule is CCNC(=NCCCn1nc(C)cc1C)NCCC1CC1.I. The van der Waals surface area contributed by atoms with Gasteiger partial charge >= 0.3 is 0 Å². The number of hydrogen-bond donors (Lipinski definition) is 2. The summed E-state index contributed by atoms with van der Waals surface area (Å²) >= 11 is 0. The summed E-state index contributed by atoms with van der Waals surface area (Å²) in [6.45, 7) is 9.96. The van der Waals surface area contributed by atoms with Crippen molar-refractivity contribution in [3.8, 4) is 0 Å². The zero-order valence-corrected chi connectivity index (χ0v) is 16.4. The maximum absolute atomic E-state index is 4.64. The number of nitrogens with zero attached hydrogens (tertiary/aromatic N) is 3. The van der Waals surface area contributed by atoms with Gasteiger partial charge < -0.3 is 10.6 Å². The van der Waals surface area contributed by atoms with E-state index in [9.17, 15) is 0 Å². The Hall–Kier alpha value is -0.790. The van der Waals surface area contributed by atoms with Crippen LogP contribution in [-0.2, 0) is 6.54 Å². The molecule has 0 saturated heterocycles. The Bertz CT molecular complexity index is 465. The van der Waals surface area contributed by atoms with E-state index in [2.05, 4.69) is 45.3 Å².